The smallest absolute Gasteiger partial charge is 0.364 e. The molecule has 31 heavy (non-hydrogen) atoms. The van der Waals surface area contributed by atoms with Crippen LogP contribution in [0.4, 0.5) is 24.5 Å². The van der Waals surface area contributed by atoms with Crippen molar-refractivity contribution < 1.29 is 26.4 Å². The Balaban J connectivity index is 1.93. The molecule has 2 aliphatic rings. The average molecular weight is 453 g/mol. The lowest BCUT2D eigenvalue weighted by molar-refractivity contribution is -0.139. The molecule has 1 heterocycles. The van der Waals surface area contributed by atoms with E-state index in [1.54, 1.807) is 12.1 Å². The molecule has 2 aromatic carbocycles. The summed E-state index contributed by atoms with van der Waals surface area (Å²) in [5.41, 5.74) is -0.133. The quantitative estimate of drug-likeness (QED) is 0.727. The largest absolute Gasteiger partial charge is 0.417 e. The molecule has 3 N–H and O–H groups in total. The summed E-state index contributed by atoms with van der Waals surface area (Å²) in [5, 5.41) is 8.16. The van der Waals surface area contributed by atoms with Crippen LogP contribution in [0.1, 0.15) is 47.2 Å². The van der Waals surface area contributed by atoms with Gasteiger partial charge in [0.25, 0.3) is 5.91 Å². The Kier molecular flexibility index (Phi) is 5.25. The molecule has 4 rings (SSSR count). The van der Waals surface area contributed by atoms with Crippen molar-refractivity contribution in [2.45, 2.75) is 49.8 Å². The summed E-state index contributed by atoms with van der Waals surface area (Å²) in [4.78, 5) is 14.0. The van der Waals surface area contributed by atoms with Crippen molar-refractivity contribution >= 4 is 27.3 Å². The Bertz CT molecular complexity index is 1140. The van der Waals surface area contributed by atoms with Gasteiger partial charge < -0.3 is 5.32 Å². The number of nitrogens with zero attached hydrogens (tertiary/aromatic N) is 1. The fourth-order valence-electron chi connectivity index (χ4n) is 4.51. The summed E-state index contributed by atoms with van der Waals surface area (Å²) in [7, 11) is -4.71. The molecule has 1 aliphatic heterocycles. The molecule has 6 nitrogen and oxygen atoms in total. The molecule has 0 bridgehead atoms. The minimum absolute atomic E-state index is 0.0357. The number of nitrogens with one attached hydrogen (secondary N) is 1. The number of carbonyl (C=O) groups excluding carboxylic acids is 1. The number of hydrogen-bond donors (Lipinski definition) is 2. The number of alkyl halides is 3. The van der Waals surface area contributed by atoms with Crippen LogP contribution in [-0.2, 0) is 16.2 Å². The topological polar surface area (TPSA) is 92.5 Å². The van der Waals surface area contributed by atoms with Crippen LogP contribution in [0.5, 0.6) is 0 Å². The zero-order valence-corrected chi connectivity index (χ0v) is 17.6. The van der Waals surface area contributed by atoms with Gasteiger partial charge in [-0.25, -0.2) is 13.6 Å². The van der Waals surface area contributed by atoms with Crippen LogP contribution in [0.3, 0.4) is 0 Å². The van der Waals surface area contributed by atoms with Crippen LogP contribution in [-0.4, -0.2) is 20.5 Å². The molecular weight excluding hydrogens is 431 g/mol. The van der Waals surface area contributed by atoms with Crippen LogP contribution in [0.2, 0.25) is 0 Å². The molecule has 10 heteroatoms. The number of benzene rings is 2. The maximum atomic E-state index is 13.6. The molecule has 1 aliphatic carbocycles. The summed E-state index contributed by atoms with van der Waals surface area (Å²) in [6.07, 6.45) is -1.86. The highest BCUT2D eigenvalue weighted by Gasteiger charge is 2.43. The van der Waals surface area contributed by atoms with Crippen LogP contribution in [0, 0.1) is 12.8 Å². The third-order valence-corrected chi connectivity index (χ3v) is 6.93. The summed E-state index contributed by atoms with van der Waals surface area (Å²) in [5.74, 6) is -0.498. The van der Waals surface area contributed by atoms with E-state index in [9.17, 15) is 26.4 Å². The standard InChI is InChI=1S/C21H22F3N3O3S/c1-12-6-2-5-9-17(12)27-19(13-7-3-4-8-13)26-16-11-15(21(22,23)24)18(31(25,29)30)10-14(16)20(27)28/h2,5-6,9-11,13,19,26H,3-4,7-8H2,1H3,(H2,25,29,30). The Morgan fingerprint density at radius 2 is 1.77 bits per heavy atom. The van der Waals surface area contributed by atoms with Gasteiger partial charge in [-0.15, -0.1) is 0 Å². The molecule has 1 unspecified atom stereocenters. The second kappa shape index (κ2) is 7.52. The van der Waals surface area contributed by atoms with Crippen molar-refractivity contribution in [2.24, 2.45) is 11.1 Å². The fraction of sp³-hybridized carbons (Fsp3) is 0.381. The second-order valence-electron chi connectivity index (χ2n) is 8.03. The van der Waals surface area contributed by atoms with Crippen molar-refractivity contribution in [1.82, 2.24) is 0 Å². The Labute approximate surface area is 178 Å². The van der Waals surface area contributed by atoms with E-state index in [2.05, 4.69) is 5.32 Å². The van der Waals surface area contributed by atoms with Gasteiger partial charge in [0.2, 0.25) is 10.0 Å². The molecule has 1 amide bonds. The summed E-state index contributed by atoms with van der Waals surface area (Å²) >= 11 is 0. The summed E-state index contributed by atoms with van der Waals surface area (Å²) < 4.78 is 64.6. The normalized spacial score (nSPS) is 20.0. The number of carbonyl (C=O) groups is 1. The van der Waals surface area contributed by atoms with E-state index in [0.717, 1.165) is 37.3 Å². The molecule has 0 saturated heterocycles. The summed E-state index contributed by atoms with van der Waals surface area (Å²) in [6.45, 7) is 1.84. The molecule has 2 aromatic rings. The predicted octanol–water partition coefficient (Wildman–Crippen LogP) is 4.25. The van der Waals surface area contributed by atoms with Gasteiger partial charge in [0.15, 0.2) is 0 Å². The number of rotatable bonds is 3. The second-order valence-corrected chi connectivity index (χ2v) is 9.56. The molecule has 0 spiro atoms. The van der Waals surface area contributed by atoms with Crippen LogP contribution in [0.25, 0.3) is 0 Å². The van der Waals surface area contributed by atoms with Gasteiger partial charge in [0.1, 0.15) is 6.17 Å². The highest BCUT2D eigenvalue weighted by Crippen LogP contribution is 2.42. The molecule has 166 valence electrons. The van der Waals surface area contributed by atoms with Gasteiger partial charge in [0, 0.05) is 11.4 Å². The monoisotopic (exact) mass is 453 g/mol. The Hall–Kier alpha value is -2.59. The molecule has 0 radical (unpaired) electrons. The zero-order valence-electron chi connectivity index (χ0n) is 16.7. The maximum absolute atomic E-state index is 13.6. The van der Waals surface area contributed by atoms with E-state index in [4.69, 9.17) is 5.14 Å². The first kappa shape index (κ1) is 21.6. The predicted molar refractivity (Wildman–Crippen MR) is 110 cm³/mol. The van der Waals surface area contributed by atoms with Crippen LogP contribution in [0.15, 0.2) is 41.3 Å². The highest BCUT2D eigenvalue weighted by molar-refractivity contribution is 7.89. The van der Waals surface area contributed by atoms with Gasteiger partial charge in [-0.3, -0.25) is 9.69 Å². The number of primary sulfonamides is 1. The summed E-state index contributed by atoms with van der Waals surface area (Å²) in [6, 6.07) is 8.63. The van der Waals surface area contributed by atoms with Crippen LogP contribution >= 0.6 is 0 Å². The van der Waals surface area contributed by atoms with Crippen molar-refractivity contribution in [1.29, 1.82) is 0 Å². The van der Waals surface area contributed by atoms with Gasteiger partial charge in [-0.2, -0.15) is 13.2 Å². The van der Waals surface area contributed by atoms with E-state index in [0.29, 0.717) is 11.8 Å². The first-order valence-electron chi connectivity index (χ1n) is 9.92. The molecule has 1 fully saturated rings. The van der Waals surface area contributed by atoms with E-state index in [-0.39, 0.29) is 17.2 Å². The number of hydrogen-bond acceptors (Lipinski definition) is 4. The first-order chi connectivity index (χ1) is 14.5. The Morgan fingerprint density at radius 3 is 2.35 bits per heavy atom. The Morgan fingerprint density at radius 1 is 1.13 bits per heavy atom. The third kappa shape index (κ3) is 3.89. The zero-order chi connectivity index (χ0) is 22.6. The molecule has 1 saturated carbocycles. The number of amides is 1. The number of sulfonamides is 1. The van der Waals surface area contributed by atoms with E-state index in [1.165, 1.54) is 4.90 Å². The number of para-hydroxylation sites is 1. The lowest BCUT2D eigenvalue weighted by atomic mass is 9.95. The number of nitrogens with two attached hydrogens (primary N) is 1. The number of aryl methyl sites for hydroxylation is 1. The third-order valence-electron chi connectivity index (χ3n) is 5.98. The lowest BCUT2D eigenvalue weighted by Crippen LogP contribution is -2.53. The minimum atomic E-state index is -4.95. The van der Waals surface area contributed by atoms with Crippen molar-refractivity contribution in [3.8, 4) is 0 Å². The number of anilines is 2. The minimum Gasteiger partial charge on any atom is -0.364 e. The van der Waals surface area contributed by atoms with E-state index >= 15 is 0 Å². The van der Waals surface area contributed by atoms with Crippen LogP contribution < -0.4 is 15.4 Å². The van der Waals surface area contributed by atoms with Crippen molar-refractivity contribution in [3.05, 3.63) is 53.1 Å². The number of fused-ring (bicyclic) bond motifs is 1. The first-order valence-corrected chi connectivity index (χ1v) is 11.5. The maximum Gasteiger partial charge on any atom is 0.417 e. The molecular formula is C21H22F3N3O3S. The van der Waals surface area contributed by atoms with E-state index in [1.807, 2.05) is 19.1 Å². The molecule has 1 atom stereocenters. The lowest BCUT2D eigenvalue weighted by Gasteiger charge is -2.42. The highest BCUT2D eigenvalue weighted by atomic mass is 32.2. The van der Waals surface area contributed by atoms with Gasteiger partial charge in [-0.05, 0) is 49.4 Å². The number of halogens is 3. The van der Waals surface area contributed by atoms with Crippen molar-refractivity contribution in [2.75, 3.05) is 10.2 Å². The van der Waals surface area contributed by atoms with Gasteiger partial charge in [-0.1, -0.05) is 31.0 Å². The van der Waals surface area contributed by atoms with Gasteiger partial charge >= 0.3 is 6.18 Å². The van der Waals surface area contributed by atoms with Crippen molar-refractivity contribution in [3.63, 3.8) is 0 Å². The van der Waals surface area contributed by atoms with Gasteiger partial charge in [0.05, 0.1) is 16.0 Å². The molecule has 0 aromatic heterocycles. The SMILES string of the molecule is Cc1ccccc1N1C(=O)c2cc(S(N)(=O)=O)c(C(F)(F)F)cc2NC1C1CCCC1. The van der Waals surface area contributed by atoms with E-state index < -0.39 is 38.7 Å². The fourth-order valence-corrected chi connectivity index (χ4v) is 5.27. The average Bonchev–Trinajstić information content (AvgIpc) is 3.21.